The van der Waals surface area contributed by atoms with E-state index in [1.165, 1.54) is 23.8 Å². The Labute approximate surface area is 248 Å². The van der Waals surface area contributed by atoms with Crippen molar-refractivity contribution in [1.29, 1.82) is 5.26 Å². The largest absolute Gasteiger partial charge is 0.384 e. The van der Waals surface area contributed by atoms with E-state index in [-0.39, 0.29) is 27.9 Å². The van der Waals surface area contributed by atoms with Gasteiger partial charge in [-0.25, -0.2) is 0 Å². The van der Waals surface area contributed by atoms with Crippen molar-refractivity contribution in [2.75, 3.05) is 4.90 Å². The molecular weight excluding hydrogens is 556 g/mol. The lowest BCUT2D eigenvalue weighted by Gasteiger charge is -2.40. The van der Waals surface area contributed by atoms with Gasteiger partial charge in [-0.2, -0.15) is 17.0 Å². The second kappa shape index (κ2) is 11.8. The Morgan fingerprint density at radius 3 is 2.56 bits per heavy atom. The highest BCUT2D eigenvalue weighted by molar-refractivity contribution is 7.97. The number of Topliss-reactive ketones (excluding diaryl/α,β-unsaturated/α-hetero) is 1. The van der Waals surface area contributed by atoms with Crippen LogP contribution >= 0.6 is 23.4 Å². The van der Waals surface area contributed by atoms with Crippen LogP contribution < -0.4 is 10.6 Å². The van der Waals surface area contributed by atoms with E-state index in [9.17, 15) is 20.2 Å². The number of non-ortho nitro benzene ring substituents is 1. The number of hydrogen-bond acceptors (Lipinski definition) is 7. The lowest BCUT2D eigenvalue weighted by Crippen LogP contribution is -2.39. The van der Waals surface area contributed by atoms with Gasteiger partial charge in [0.1, 0.15) is 5.82 Å². The minimum absolute atomic E-state index is 0.0274. The molecule has 0 spiro atoms. The Morgan fingerprint density at radius 2 is 1.88 bits per heavy atom. The Hall–Kier alpha value is -4.06. The number of nitro benzene ring substituents is 1. The van der Waals surface area contributed by atoms with Crippen LogP contribution in [0.1, 0.15) is 53.0 Å². The van der Waals surface area contributed by atoms with Crippen LogP contribution in [-0.4, -0.2) is 10.7 Å². The quantitative estimate of drug-likeness (QED) is 0.224. The third kappa shape index (κ3) is 5.48. The lowest BCUT2D eigenvalue weighted by molar-refractivity contribution is -0.384. The summed E-state index contributed by atoms with van der Waals surface area (Å²) in [6.07, 6.45) is 1.57. The van der Waals surface area contributed by atoms with E-state index < -0.39 is 10.8 Å². The van der Waals surface area contributed by atoms with E-state index >= 15 is 0 Å². The molecule has 2 N–H and O–H groups in total. The number of nitrogens with two attached hydrogens (primary N) is 1. The van der Waals surface area contributed by atoms with Crippen molar-refractivity contribution in [1.82, 2.24) is 0 Å². The predicted octanol–water partition coefficient (Wildman–Crippen LogP) is 7.60. The predicted molar refractivity (Wildman–Crippen MR) is 163 cm³/mol. The van der Waals surface area contributed by atoms with Gasteiger partial charge in [-0.3, -0.25) is 19.8 Å². The van der Waals surface area contributed by atoms with Gasteiger partial charge in [0.15, 0.2) is 5.78 Å². The van der Waals surface area contributed by atoms with Crippen LogP contribution in [0.5, 0.6) is 0 Å². The van der Waals surface area contributed by atoms with Crippen LogP contribution in [0, 0.1) is 35.3 Å². The summed E-state index contributed by atoms with van der Waals surface area (Å²) in [7, 11) is 0. The Morgan fingerprint density at radius 1 is 1.12 bits per heavy atom. The molecule has 2 aliphatic rings. The molecule has 3 aromatic rings. The molecule has 0 saturated heterocycles. The number of nitrogens with zero attached hydrogens (tertiary/aromatic N) is 3. The van der Waals surface area contributed by atoms with Gasteiger partial charge in [0.2, 0.25) is 0 Å². The fourth-order valence-electron chi connectivity index (χ4n) is 5.73. The summed E-state index contributed by atoms with van der Waals surface area (Å²) in [5.41, 5.74) is 13.9. The normalized spacial score (nSPS) is 17.0. The van der Waals surface area contributed by atoms with Gasteiger partial charge in [-0.05, 0) is 55.0 Å². The molecule has 1 unspecified atom stereocenters. The first kappa shape index (κ1) is 28.5. The third-order valence-electron chi connectivity index (χ3n) is 7.68. The summed E-state index contributed by atoms with van der Waals surface area (Å²) in [5.74, 6) is 1.21. The van der Waals surface area contributed by atoms with Crippen molar-refractivity contribution in [3.63, 3.8) is 0 Å². The SMILES string of the molecule is Cc1cc(CSCc2ccccc2)c(C)c(C2C(C#N)=C(N)N(c3ccc([N+](=O)[O-])cc3Cl)C3=C2C(=O)CCC3)c1. The molecule has 208 valence electrons. The zero-order valence-electron chi connectivity index (χ0n) is 22.8. The summed E-state index contributed by atoms with van der Waals surface area (Å²) in [5, 5.41) is 21.9. The maximum atomic E-state index is 13.6. The van der Waals surface area contributed by atoms with Gasteiger partial charge in [0, 0.05) is 41.3 Å². The number of benzene rings is 3. The minimum atomic E-state index is -0.603. The number of allylic oxidation sites excluding steroid dienone is 3. The van der Waals surface area contributed by atoms with Crippen molar-refractivity contribution in [2.45, 2.75) is 50.5 Å². The van der Waals surface area contributed by atoms with Crippen LogP contribution in [0.4, 0.5) is 11.4 Å². The summed E-state index contributed by atoms with van der Waals surface area (Å²) < 4.78 is 0. The molecule has 5 rings (SSSR count). The number of aryl methyl sites for hydroxylation is 1. The van der Waals surface area contributed by atoms with Crippen molar-refractivity contribution in [3.8, 4) is 6.07 Å². The summed E-state index contributed by atoms with van der Waals surface area (Å²) in [6.45, 7) is 4.07. The van der Waals surface area contributed by atoms with Crippen LogP contribution in [0.3, 0.4) is 0 Å². The molecule has 3 aromatic carbocycles. The number of rotatable bonds is 7. The van der Waals surface area contributed by atoms with Gasteiger partial charge < -0.3 is 5.73 Å². The van der Waals surface area contributed by atoms with Gasteiger partial charge in [-0.1, -0.05) is 59.6 Å². The second-order valence-corrected chi connectivity index (χ2v) is 11.7. The summed E-state index contributed by atoms with van der Waals surface area (Å²) in [6, 6.07) is 21.0. The zero-order valence-corrected chi connectivity index (χ0v) is 24.4. The van der Waals surface area contributed by atoms with Crippen LogP contribution in [0.25, 0.3) is 0 Å². The third-order valence-corrected chi connectivity index (χ3v) is 9.03. The first-order chi connectivity index (χ1) is 19.7. The number of halogens is 1. The fraction of sp³-hybridized carbons (Fsp3) is 0.250. The first-order valence-corrected chi connectivity index (χ1v) is 14.9. The van der Waals surface area contributed by atoms with Crippen molar-refractivity contribution in [2.24, 2.45) is 5.73 Å². The van der Waals surface area contributed by atoms with E-state index in [4.69, 9.17) is 17.3 Å². The Bertz CT molecular complexity index is 1660. The molecule has 41 heavy (non-hydrogen) atoms. The van der Waals surface area contributed by atoms with Gasteiger partial charge >= 0.3 is 0 Å². The highest BCUT2D eigenvalue weighted by atomic mass is 35.5. The van der Waals surface area contributed by atoms with Crippen LogP contribution in [-0.2, 0) is 16.3 Å². The Kier molecular flexibility index (Phi) is 8.20. The average molecular weight is 585 g/mol. The highest BCUT2D eigenvalue weighted by Crippen LogP contribution is 2.49. The number of anilines is 1. The number of carbonyl (C=O) groups is 1. The maximum Gasteiger partial charge on any atom is 0.271 e. The standard InChI is InChI=1S/C32H29ClN4O3S/c1-19-13-22(18-41-17-21-7-4-3-5-8-21)20(2)24(14-19)30-25(16-34)32(35)36(28-9-6-10-29(38)31(28)30)27-12-11-23(37(39)40)15-26(27)33/h3-5,7-8,11-15,30H,6,9-10,17-18,35H2,1-2H3. The van der Waals surface area contributed by atoms with Crippen molar-refractivity contribution < 1.29 is 9.72 Å². The number of nitriles is 1. The summed E-state index contributed by atoms with van der Waals surface area (Å²) in [4.78, 5) is 26.0. The first-order valence-electron chi connectivity index (χ1n) is 13.3. The molecule has 1 aliphatic heterocycles. The molecule has 1 aliphatic carbocycles. The second-order valence-electron chi connectivity index (χ2n) is 10.3. The molecule has 0 aromatic heterocycles. The number of hydrogen-bond donors (Lipinski definition) is 1. The van der Waals surface area contributed by atoms with E-state index in [2.05, 4.69) is 30.3 Å². The van der Waals surface area contributed by atoms with E-state index in [0.29, 0.717) is 36.2 Å². The zero-order chi connectivity index (χ0) is 29.3. The highest BCUT2D eigenvalue weighted by Gasteiger charge is 2.41. The van der Waals surface area contributed by atoms with Crippen molar-refractivity contribution in [3.05, 3.63) is 126 Å². The number of ketones is 1. The molecule has 7 nitrogen and oxygen atoms in total. The molecule has 0 saturated carbocycles. The minimum Gasteiger partial charge on any atom is -0.384 e. The molecule has 0 fully saturated rings. The van der Waals surface area contributed by atoms with Crippen molar-refractivity contribution >= 4 is 40.5 Å². The van der Waals surface area contributed by atoms with Gasteiger partial charge in [0.25, 0.3) is 5.69 Å². The maximum absolute atomic E-state index is 13.6. The van der Waals surface area contributed by atoms with E-state index in [1.807, 2.05) is 43.8 Å². The van der Waals surface area contributed by atoms with Crippen LogP contribution in [0.2, 0.25) is 5.02 Å². The Balaban J connectivity index is 1.60. The van der Waals surface area contributed by atoms with E-state index in [1.54, 1.807) is 4.90 Å². The molecule has 9 heteroatoms. The number of thioether (sulfide) groups is 1. The topological polar surface area (TPSA) is 113 Å². The molecule has 0 bridgehead atoms. The van der Waals surface area contributed by atoms with Gasteiger partial charge in [0.05, 0.1) is 33.2 Å². The monoisotopic (exact) mass is 584 g/mol. The molecule has 1 heterocycles. The van der Waals surface area contributed by atoms with Crippen LogP contribution in [0.15, 0.2) is 83.3 Å². The average Bonchev–Trinajstić information content (AvgIpc) is 2.95. The fourth-order valence-corrected chi connectivity index (χ4v) is 7.04. The molecule has 1 atom stereocenters. The smallest absolute Gasteiger partial charge is 0.271 e. The van der Waals surface area contributed by atoms with Gasteiger partial charge in [-0.15, -0.1) is 0 Å². The molecular formula is C32H29ClN4O3S. The van der Waals surface area contributed by atoms with E-state index in [0.717, 1.165) is 33.8 Å². The summed E-state index contributed by atoms with van der Waals surface area (Å²) >= 11 is 8.35. The number of nitro groups is 1. The number of carbonyl (C=O) groups excluding carboxylic acids is 1. The molecule has 0 radical (unpaired) electrons. The molecule has 0 amide bonds. The lowest BCUT2D eigenvalue weighted by atomic mass is 9.73.